The summed E-state index contributed by atoms with van der Waals surface area (Å²) >= 11 is 0. The minimum Gasteiger partial charge on any atom is -0.618 e. The first-order valence-corrected chi connectivity index (χ1v) is 13.1. The van der Waals surface area contributed by atoms with E-state index in [1.807, 2.05) is 0 Å². The SMILES string of the molecule is COC(=O)c1c(-c2cc(OC)c(OC)c(OC)c2)c2ccc(OCc3cccc[n+]3[O-])cc2c(=O)n1-c1ccc(N)cc1.Cl. The zero-order valence-electron chi connectivity index (χ0n) is 24.4. The first-order chi connectivity index (χ1) is 20.8. The minimum atomic E-state index is -0.746. The van der Waals surface area contributed by atoms with Gasteiger partial charge in [-0.05, 0) is 71.6 Å². The number of rotatable bonds is 9. The normalized spacial score (nSPS) is 10.5. The molecule has 0 bridgehead atoms. The maximum atomic E-state index is 14.2. The number of nitrogens with zero attached hydrogens (tertiary/aromatic N) is 2. The standard InChI is InChI=1S/C32H29N3O8.ClH/c1-39-26-15-19(16-27(40-2)30(26)41-3)28-24-13-12-23(43-18-22-7-5-6-14-34(22)38)17-25(24)31(36)35(29(28)32(37)42-4)21-10-8-20(33)9-11-21;/h5-17H,18,33H2,1-4H3;1H. The Morgan fingerprint density at radius 2 is 1.57 bits per heavy atom. The Kier molecular flexibility index (Phi) is 9.50. The van der Waals surface area contributed by atoms with Crippen LogP contribution in [0.15, 0.2) is 83.8 Å². The van der Waals surface area contributed by atoms with E-state index < -0.39 is 11.5 Å². The van der Waals surface area contributed by atoms with E-state index in [1.165, 1.54) is 39.2 Å². The van der Waals surface area contributed by atoms with Crippen LogP contribution in [-0.2, 0) is 11.3 Å². The summed E-state index contributed by atoms with van der Waals surface area (Å²) in [5.74, 6) is 0.652. The molecular formula is C32H30ClN3O8. The Balaban J connectivity index is 0.00000442. The van der Waals surface area contributed by atoms with Crippen molar-refractivity contribution in [2.45, 2.75) is 6.61 Å². The highest BCUT2D eigenvalue weighted by Gasteiger charge is 2.27. The predicted molar refractivity (Wildman–Crippen MR) is 167 cm³/mol. The zero-order valence-corrected chi connectivity index (χ0v) is 25.2. The fraction of sp³-hybridized carbons (Fsp3) is 0.156. The van der Waals surface area contributed by atoms with Gasteiger partial charge in [0.05, 0.1) is 33.8 Å². The van der Waals surface area contributed by atoms with Gasteiger partial charge in [-0.2, -0.15) is 4.73 Å². The molecule has 0 saturated carbocycles. The number of hydrogen-bond donors (Lipinski definition) is 1. The summed E-state index contributed by atoms with van der Waals surface area (Å²) in [6.45, 7) is -0.0258. The molecule has 0 atom stereocenters. The van der Waals surface area contributed by atoms with Crippen molar-refractivity contribution in [3.8, 4) is 39.8 Å². The van der Waals surface area contributed by atoms with Crippen LogP contribution in [0.3, 0.4) is 0 Å². The van der Waals surface area contributed by atoms with Crippen LogP contribution in [0.1, 0.15) is 16.2 Å². The van der Waals surface area contributed by atoms with E-state index in [0.717, 1.165) is 0 Å². The monoisotopic (exact) mass is 619 g/mol. The Labute approximate surface area is 258 Å². The molecule has 5 aromatic rings. The van der Waals surface area contributed by atoms with Gasteiger partial charge in [-0.1, -0.05) is 0 Å². The van der Waals surface area contributed by atoms with Crippen LogP contribution >= 0.6 is 12.4 Å². The van der Waals surface area contributed by atoms with E-state index in [0.29, 0.717) is 61.3 Å². The van der Waals surface area contributed by atoms with Gasteiger partial charge in [-0.15, -0.1) is 12.4 Å². The second-order valence-electron chi connectivity index (χ2n) is 9.38. The van der Waals surface area contributed by atoms with Crippen molar-refractivity contribution in [2.75, 3.05) is 34.2 Å². The molecule has 3 aromatic carbocycles. The van der Waals surface area contributed by atoms with Gasteiger partial charge < -0.3 is 34.6 Å². The first-order valence-electron chi connectivity index (χ1n) is 13.1. The number of nitrogen functional groups attached to an aromatic ring is 1. The number of carbonyl (C=O) groups is 1. The maximum absolute atomic E-state index is 14.2. The number of halogens is 1. The molecule has 0 fully saturated rings. The fourth-order valence-electron chi connectivity index (χ4n) is 4.88. The van der Waals surface area contributed by atoms with Gasteiger partial charge >= 0.3 is 5.97 Å². The van der Waals surface area contributed by atoms with Crippen LogP contribution < -0.4 is 35.0 Å². The van der Waals surface area contributed by atoms with E-state index in [1.54, 1.807) is 72.8 Å². The second kappa shape index (κ2) is 13.3. The van der Waals surface area contributed by atoms with E-state index in [-0.39, 0.29) is 30.1 Å². The quantitative estimate of drug-likeness (QED) is 0.108. The lowest BCUT2D eigenvalue weighted by atomic mass is 9.95. The highest BCUT2D eigenvalue weighted by atomic mass is 35.5. The molecule has 11 nitrogen and oxygen atoms in total. The molecule has 0 aliphatic carbocycles. The summed E-state index contributed by atoms with van der Waals surface area (Å²) in [7, 11) is 5.70. The number of hydrogen-bond acceptors (Lipinski definition) is 9. The Morgan fingerprint density at radius 1 is 0.886 bits per heavy atom. The summed E-state index contributed by atoms with van der Waals surface area (Å²) in [5, 5.41) is 12.8. The number of ether oxygens (including phenoxy) is 5. The maximum Gasteiger partial charge on any atom is 0.355 e. The zero-order chi connectivity index (χ0) is 30.7. The van der Waals surface area contributed by atoms with Crippen molar-refractivity contribution >= 4 is 34.8 Å². The Bertz CT molecular complexity index is 1870. The van der Waals surface area contributed by atoms with E-state index in [4.69, 9.17) is 29.4 Å². The number of fused-ring (bicyclic) bond motifs is 1. The van der Waals surface area contributed by atoms with Gasteiger partial charge in [0.2, 0.25) is 11.4 Å². The Hall–Kier alpha value is -5.42. The van der Waals surface area contributed by atoms with Crippen molar-refractivity contribution in [1.82, 2.24) is 4.57 Å². The average molecular weight is 620 g/mol. The molecule has 0 saturated heterocycles. The topological polar surface area (TPSA) is 138 Å². The number of esters is 1. The van der Waals surface area contributed by atoms with Crippen molar-refractivity contribution in [3.63, 3.8) is 0 Å². The molecule has 0 radical (unpaired) electrons. The van der Waals surface area contributed by atoms with E-state index >= 15 is 0 Å². The number of anilines is 1. The molecule has 2 N–H and O–H groups in total. The van der Waals surface area contributed by atoms with Gasteiger partial charge in [-0.25, -0.2) is 4.79 Å². The molecule has 0 aliphatic rings. The molecule has 44 heavy (non-hydrogen) atoms. The minimum absolute atomic E-state index is 0. The van der Waals surface area contributed by atoms with Crippen LogP contribution in [-0.4, -0.2) is 39.0 Å². The number of methoxy groups -OCH3 is 4. The number of aromatic nitrogens is 2. The summed E-state index contributed by atoms with van der Waals surface area (Å²) in [6.07, 6.45) is 1.38. The highest BCUT2D eigenvalue weighted by molar-refractivity contribution is 6.08. The number of nitrogens with two attached hydrogens (primary N) is 1. The first kappa shape index (κ1) is 31.5. The van der Waals surface area contributed by atoms with Gasteiger partial charge in [0.15, 0.2) is 24.3 Å². The van der Waals surface area contributed by atoms with Gasteiger partial charge in [-0.3, -0.25) is 9.36 Å². The second-order valence-corrected chi connectivity index (χ2v) is 9.38. The molecule has 2 heterocycles. The molecule has 5 rings (SSSR count). The van der Waals surface area contributed by atoms with Gasteiger partial charge in [0, 0.05) is 29.1 Å². The van der Waals surface area contributed by atoms with Crippen LogP contribution in [0, 0.1) is 5.21 Å². The third-order valence-electron chi connectivity index (χ3n) is 6.93. The Morgan fingerprint density at radius 3 is 2.16 bits per heavy atom. The molecule has 0 unspecified atom stereocenters. The lowest BCUT2D eigenvalue weighted by Gasteiger charge is -2.21. The number of pyridine rings is 2. The van der Waals surface area contributed by atoms with E-state index in [2.05, 4.69) is 0 Å². The highest BCUT2D eigenvalue weighted by Crippen LogP contribution is 2.44. The lowest BCUT2D eigenvalue weighted by molar-refractivity contribution is -0.616. The molecule has 12 heteroatoms. The molecule has 228 valence electrons. The van der Waals surface area contributed by atoms with Crippen molar-refractivity contribution in [1.29, 1.82) is 0 Å². The van der Waals surface area contributed by atoms with Gasteiger partial charge in [0.25, 0.3) is 5.56 Å². The van der Waals surface area contributed by atoms with Crippen molar-refractivity contribution in [3.05, 3.63) is 106 Å². The summed E-state index contributed by atoms with van der Waals surface area (Å²) in [6, 6.07) is 19.8. The summed E-state index contributed by atoms with van der Waals surface area (Å²) in [5.41, 5.74) is 7.53. The van der Waals surface area contributed by atoms with Gasteiger partial charge in [0.1, 0.15) is 11.4 Å². The molecule has 0 amide bonds. The van der Waals surface area contributed by atoms with Crippen molar-refractivity contribution < 1.29 is 33.2 Å². The predicted octanol–water partition coefficient (Wildman–Crippen LogP) is 4.69. The molecule has 0 spiro atoms. The van der Waals surface area contributed by atoms with Crippen LogP contribution in [0.4, 0.5) is 5.69 Å². The largest absolute Gasteiger partial charge is 0.618 e. The summed E-state index contributed by atoms with van der Waals surface area (Å²) in [4.78, 5) is 27.7. The number of benzene rings is 3. The van der Waals surface area contributed by atoms with Crippen LogP contribution in [0.5, 0.6) is 23.0 Å². The summed E-state index contributed by atoms with van der Waals surface area (Å²) < 4.78 is 29.8. The number of carbonyl (C=O) groups excluding carboxylic acids is 1. The average Bonchev–Trinajstić information content (AvgIpc) is 3.03. The van der Waals surface area contributed by atoms with Crippen molar-refractivity contribution in [2.24, 2.45) is 0 Å². The van der Waals surface area contributed by atoms with Crippen LogP contribution in [0.25, 0.3) is 27.6 Å². The van der Waals surface area contributed by atoms with E-state index in [9.17, 15) is 14.8 Å². The molecule has 0 aliphatic heterocycles. The third kappa shape index (κ3) is 5.77. The molecule has 2 aromatic heterocycles. The van der Waals surface area contributed by atoms with Crippen LogP contribution in [0.2, 0.25) is 0 Å². The molecular weight excluding hydrogens is 590 g/mol. The fourth-order valence-corrected chi connectivity index (χ4v) is 4.88. The third-order valence-corrected chi connectivity index (χ3v) is 6.93. The lowest BCUT2D eigenvalue weighted by Crippen LogP contribution is -2.31. The smallest absolute Gasteiger partial charge is 0.355 e.